The minimum Gasteiger partial charge on any atom is -0.351 e. The largest absolute Gasteiger partial charge is 0.351 e. The molecule has 30 heavy (non-hydrogen) atoms. The van der Waals surface area contributed by atoms with Gasteiger partial charge in [-0.05, 0) is 32.0 Å². The van der Waals surface area contributed by atoms with Crippen molar-refractivity contribution in [3.63, 3.8) is 0 Å². The predicted octanol–water partition coefficient (Wildman–Crippen LogP) is 3.87. The molecule has 1 amide bonds. The Kier molecular flexibility index (Phi) is 5.59. The normalized spacial score (nSPS) is 11.4. The zero-order valence-corrected chi connectivity index (χ0v) is 18.3. The van der Waals surface area contributed by atoms with E-state index < -0.39 is 0 Å². The maximum absolute atomic E-state index is 12.4. The Morgan fingerprint density at radius 3 is 2.77 bits per heavy atom. The van der Waals surface area contributed by atoms with Crippen molar-refractivity contribution in [2.24, 2.45) is 0 Å². The molecular formula is C22H24N6OS. The Balaban J connectivity index is 1.44. The molecule has 0 aliphatic rings. The number of aryl methyl sites for hydroxylation is 2. The average molecular weight is 421 g/mol. The zero-order valence-electron chi connectivity index (χ0n) is 17.5. The highest BCUT2D eigenvalue weighted by Gasteiger charge is 2.13. The molecule has 0 aromatic carbocycles. The second kappa shape index (κ2) is 8.31. The lowest BCUT2D eigenvalue weighted by Gasteiger charge is -2.06. The molecule has 0 aliphatic carbocycles. The third-order valence-corrected chi connectivity index (χ3v) is 6.28. The number of pyridine rings is 2. The Labute approximate surface area is 179 Å². The highest BCUT2D eigenvalue weighted by Crippen LogP contribution is 2.24. The summed E-state index contributed by atoms with van der Waals surface area (Å²) >= 11 is 1.66. The number of hydrogen-bond donors (Lipinski definition) is 1. The fraction of sp³-hybridized carbons (Fsp3) is 0.318. The first-order valence-corrected chi connectivity index (χ1v) is 10.7. The molecule has 8 heteroatoms. The second-order valence-electron chi connectivity index (χ2n) is 7.62. The first-order valence-electron chi connectivity index (χ1n) is 9.89. The Hall–Kier alpha value is -3.13. The minimum atomic E-state index is -0.0575. The van der Waals surface area contributed by atoms with Crippen LogP contribution in [-0.2, 0) is 17.8 Å². The number of rotatable bonds is 6. The van der Waals surface area contributed by atoms with Crippen LogP contribution in [0.3, 0.4) is 0 Å². The number of amides is 1. The van der Waals surface area contributed by atoms with Crippen LogP contribution in [0, 0.1) is 13.8 Å². The number of aromatic nitrogens is 5. The number of carbonyl (C=O) groups excluding carboxylic acids is 1. The van der Waals surface area contributed by atoms with Crippen molar-refractivity contribution in [2.45, 2.75) is 46.6 Å². The summed E-state index contributed by atoms with van der Waals surface area (Å²) in [6, 6.07) is 5.80. The van der Waals surface area contributed by atoms with E-state index in [1.165, 1.54) is 0 Å². The average Bonchev–Trinajstić information content (AvgIpc) is 3.29. The zero-order chi connectivity index (χ0) is 21.3. The quantitative estimate of drug-likeness (QED) is 0.512. The molecule has 4 heterocycles. The van der Waals surface area contributed by atoms with Crippen LogP contribution in [0.1, 0.15) is 46.7 Å². The van der Waals surface area contributed by atoms with Crippen molar-refractivity contribution in [3.05, 3.63) is 63.8 Å². The van der Waals surface area contributed by atoms with E-state index in [1.54, 1.807) is 29.9 Å². The SMILES string of the molecule is Cc1cc(-n2ncc3cc(CC(=O)NCc4sc(C(C)C)nc4C)ncc32)ccn1. The van der Waals surface area contributed by atoms with Gasteiger partial charge in [-0.25, -0.2) is 9.67 Å². The smallest absolute Gasteiger partial charge is 0.226 e. The minimum absolute atomic E-state index is 0.0575. The van der Waals surface area contributed by atoms with Gasteiger partial charge in [-0.2, -0.15) is 5.10 Å². The van der Waals surface area contributed by atoms with E-state index in [0.717, 1.165) is 37.9 Å². The molecular weight excluding hydrogens is 396 g/mol. The van der Waals surface area contributed by atoms with Crippen LogP contribution in [-0.4, -0.2) is 30.6 Å². The van der Waals surface area contributed by atoms with E-state index in [2.05, 4.69) is 39.2 Å². The summed E-state index contributed by atoms with van der Waals surface area (Å²) in [7, 11) is 0. The molecule has 0 spiro atoms. The van der Waals surface area contributed by atoms with Gasteiger partial charge in [0, 0.05) is 28.1 Å². The van der Waals surface area contributed by atoms with Crippen molar-refractivity contribution in [3.8, 4) is 5.69 Å². The van der Waals surface area contributed by atoms with Gasteiger partial charge in [0.1, 0.15) is 0 Å². The van der Waals surface area contributed by atoms with E-state index in [9.17, 15) is 4.79 Å². The molecule has 0 bridgehead atoms. The van der Waals surface area contributed by atoms with Gasteiger partial charge < -0.3 is 5.32 Å². The lowest BCUT2D eigenvalue weighted by atomic mass is 10.2. The molecule has 0 fully saturated rings. The van der Waals surface area contributed by atoms with Crippen LogP contribution in [0.15, 0.2) is 36.8 Å². The molecule has 154 valence electrons. The van der Waals surface area contributed by atoms with Gasteiger partial charge >= 0.3 is 0 Å². The first-order chi connectivity index (χ1) is 14.4. The van der Waals surface area contributed by atoms with Crippen molar-refractivity contribution in [1.82, 2.24) is 30.0 Å². The highest BCUT2D eigenvalue weighted by atomic mass is 32.1. The van der Waals surface area contributed by atoms with Gasteiger partial charge in [-0.15, -0.1) is 11.3 Å². The van der Waals surface area contributed by atoms with Crippen LogP contribution in [0.4, 0.5) is 0 Å². The van der Waals surface area contributed by atoms with E-state index in [0.29, 0.717) is 18.2 Å². The third-order valence-electron chi connectivity index (χ3n) is 4.83. The van der Waals surface area contributed by atoms with Crippen LogP contribution >= 0.6 is 11.3 Å². The topological polar surface area (TPSA) is 85.6 Å². The Morgan fingerprint density at radius 1 is 1.20 bits per heavy atom. The van der Waals surface area contributed by atoms with E-state index in [4.69, 9.17) is 0 Å². The van der Waals surface area contributed by atoms with E-state index in [-0.39, 0.29) is 12.3 Å². The summed E-state index contributed by atoms with van der Waals surface area (Å²) in [6.45, 7) is 8.68. The number of nitrogens with one attached hydrogen (secondary N) is 1. The summed E-state index contributed by atoms with van der Waals surface area (Å²) in [5.74, 6) is 0.337. The number of carbonyl (C=O) groups is 1. The van der Waals surface area contributed by atoms with Crippen molar-refractivity contribution < 1.29 is 4.79 Å². The molecule has 0 saturated heterocycles. The molecule has 0 radical (unpaired) electrons. The fourth-order valence-corrected chi connectivity index (χ4v) is 4.21. The lowest BCUT2D eigenvalue weighted by Crippen LogP contribution is -2.24. The van der Waals surface area contributed by atoms with Crippen LogP contribution in [0.25, 0.3) is 16.6 Å². The summed E-state index contributed by atoms with van der Waals surface area (Å²) in [6.07, 6.45) is 5.55. The molecule has 0 unspecified atom stereocenters. The predicted molar refractivity (Wildman–Crippen MR) is 118 cm³/mol. The maximum Gasteiger partial charge on any atom is 0.226 e. The van der Waals surface area contributed by atoms with Crippen molar-refractivity contribution in [2.75, 3.05) is 0 Å². The van der Waals surface area contributed by atoms with Gasteiger partial charge in [0.15, 0.2) is 0 Å². The maximum atomic E-state index is 12.4. The monoisotopic (exact) mass is 420 g/mol. The van der Waals surface area contributed by atoms with Gasteiger partial charge in [0.25, 0.3) is 0 Å². The Morgan fingerprint density at radius 2 is 2.03 bits per heavy atom. The highest BCUT2D eigenvalue weighted by molar-refractivity contribution is 7.11. The van der Waals surface area contributed by atoms with Crippen LogP contribution < -0.4 is 5.32 Å². The van der Waals surface area contributed by atoms with Gasteiger partial charge in [-0.3, -0.25) is 14.8 Å². The molecule has 7 nitrogen and oxygen atoms in total. The number of nitrogens with zero attached hydrogens (tertiary/aromatic N) is 5. The van der Waals surface area contributed by atoms with Crippen molar-refractivity contribution >= 4 is 28.1 Å². The molecule has 1 N–H and O–H groups in total. The molecule has 0 saturated carbocycles. The molecule has 4 aromatic rings. The Bertz CT molecular complexity index is 1210. The van der Waals surface area contributed by atoms with Crippen LogP contribution in [0.5, 0.6) is 0 Å². The fourth-order valence-electron chi connectivity index (χ4n) is 3.20. The number of fused-ring (bicyclic) bond motifs is 1. The van der Waals surface area contributed by atoms with Crippen molar-refractivity contribution in [1.29, 1.82) is 0 Å². The molecule has 4 aromatic heterocycles. The number of thiazole rings is 1. The van der Waals surface area contributed by atoms with E-state index >= 15 is 0 Å². The molecule has 0 atom stereocenters. The lowest BCUT2D eigenvalue weighted by molar-refractivity contribution is -0.120. The summed E-state index contributed by atoms with van der Waals surface area (Å²) in [5, 5.41) is 9.51. The first kappa shape index (κ1) is 20.2. The standard InChI is InChI=1S/C22H24N6OS/c1-13(2)22-27-15(4)20(30-22)12-25-21(29)9-17-8-16-10-26-28(19(16)11-24-17)18-5-6-23-14(3)7-18/h5-8,10-11,13H,9,12H2,1-4H3,(H,25,29). The summed E-state index contributed by atoms with van der Waals surface area (Å²) in [5.41, 5.74) is 4.46. The van der Waals surface area contributed by atoms with Gasteiger partial charge in [0.05, 0.1) is 53.0 Å². The second-order valence-corrected chi connectivity index (χ2v) is 8.73. The summed E-state index contributed by atoms with van der Waals surface area (Å²) in [4.78, 5) is 26.8. The van der Waals surface area contributed by atoms with Gasteiger partial charge in [0.2, 0.25) is 5.91 Å². The van der Waals surface area contributed by atoms with Gasteiger partial charge in [-0.1, -0.05) is 13.8 Å². The van der Waals surface area contributed by atoms with Crippen LogP contribution in [0.2, 0.25) is 0 Å². The summed E-state index contributed by atoms with van der Waals surface area (Å²) < 4.78 is 1.83. The third kappa shape index (κ3) is 4.23. The molecule has 4 rings (SSSR count). The van der Waals surface area contributed by atoms with E-state index in [1.807, 2.05) is 36.7 Å². The molecule has 0 aliphatic heterocycles. The number of hydrogen-bond acceptors (Lipinski definition) is 6.